The molecule has 5 nitrogen and oxygen atoms in total. The molecule has 0 bridgehead atoms. The van der Waals surface area contributed by atoms with Crippen LogP contribution in [0.2, 0.25) is 0 Å². The van der Waals surface area contributed by atoms with Crippen molar-refractivity contribution in [2.24, 2.45) is 0 Å². The molecular formula is C19H19F2N5. The number of nitrogens with zero attached hydrogens (tertiary/aromatic N) is 4. The quantitative estimate of drug-likeness (QED) is 0.727. The third-order valence-electron chi connectivity index (χ3n) is 3.86. The first-order valence-electron chi connectivity index (χ1n) is 8.19. The molecule has 3 rings (SSSR count). The summed E-state index contributed by atoms with van der Waals surface area (Å²) in [6, 6.07) is 9.02. The van der Waals surface area contributed by atoms with E-state index in [0.29, 0.717) is 11.8 Å². The van der Waals surface area contributed by atoms with Gasteiger partial charge in [-0.25, -0.2) is 13.8 Å². The normalized spacial score (nSPS) is 10.6. The number of aryl methyl sites for hydroxylation is 1. The summed E-state index contributed by atoms with van der Waals surface area (Å²) in [5.41, 5.74) is 2.08. The maximum absolute atomic E-state index is 13.8. The Hall–Kier alpha value is -3.09. The van der Waals surface area contributed by atoms with E-state index in [-0.39, 0.29) is 5.69 Å². The molecule has 7 heteroatoms. The van der Waals surface area contributed by atoms with E-state index in [1.807, 2.05) is 31.0 Å². The van der Waals surface area contributed by atoms with Crippen molar-refractivity contribution < 1.29 is 8.78 Å². The van der Waals surface area contributed by atoms with Gasteiger partial charge in [-0.2, -0.15) is 4.98 Å². The van der Waals surface area contributed by atoms with Gasteiger partial charge in [0, 0.05) is 43.8 Å². The highest BCUT2D eigenvalue weighted by atomic mass is 19.1. The Morgan fingerprint density at radius 1 is 1.04 bits per heavy atom. The van der Waals surface area contributed by atoms with Crippen molar-refractivity contribution in [3.63, 3.8) is 0 Å². The first kappa shape index (κ1) is 17.7. The van der Waals surface area contributed by atoms with E-state index in [1.165, 1.54) is 17.7 Å². The lowest BCUT2D eigenvalue weighted by atomic mass is 10.2. The third kappa shape index (κ3) is 4.50. The largest absolute Gasteiger partial charge is 0.343 e. The molecule has 0 saturated carbocycles. The van der Waals surface area contributed by atoms with Crippen molar-refractivity contribution in [1.82, 2.24) is 15.0 Å². The molecule has 0 saturated heterocycles. The average molecular weight is 355 g/mol. The highest BCUT2D eigenvalue weighted by Crippen LogP contribution is 2.21. The van der Waals surface area contributed by atoms with E-state index in [2.05, 4.69) is 20.3 Å². The molecule has 0 aliphatic heterocycles. The van der Waals surface area contributed by atoms with Crippen molar-refractivity contribution in [3.8, 4) is 0 Å². The highest BCUT2D eigenvalue weighted by Gasteiger charge is 2.10. The Bertz CT molecular complexity index is 886. The summed E-state index contributed by atoms with van der Waals surface area (Å²) in [4.78, 5) is 14.8. The number of hydrogen-bond donors (Lipinski definition) is 1. The first-order valence-corrected chi connectivity index (χ1v) is 8.19. The fraction of sp³-hybridized carbons (Fsp3) is 0.211. The molecule has 134 valence electrons. The average Bonchev–Trinajstić information content (AvgIpc) is 2.62. The molecule has 26 heavy (non-hydrogen) atoms. The van der Waals surface area contributed by atoms with Crippen LogP contribution in [0, 0.1) is 18.6 Å². The number of rotatable bonds is 6. The molecule has 0 fully saturated rings. The van der Waals surface area contributed by atoms with Gasteiger partial charge in [-0.05, 0) is 43.2 Å². The SMILES string of the molecule is Cc1cc(Nc2ccc(F)cc2F)nc(N(C)CCc2ccncc2)n1. The van der Waals surface area contributed by atoms with E-state index in [4.69, 9.17) is 0 Å². The molecule has 0 spiro atoms. The number of aromatic nitrogens is 3. The lowest BCUT2D eigenvalue weighted by Crippen LogP contribution is -2.23. The van der Waals surface area contributed by atoms with Gasteiger partial charge in [-0.1, -0.05) is 0 Å². The van der Waals surface area contributed by atoms with Gasteiger partial charge in [0.15, 0.2) is 0 Å². The van der Waals surface area contributed by atoms with Crippen LogP contribution < -0.4 is 10.2 Å². The molecular weight excluding hydrogens is 336 g/mol. The van der Waals surface area contributed by atoms with Crippen LogP contribution in [-0.2, 0) is 6.42 Å². The maximum atomic E-state index is 13.8. The summed E-state index contributed by atoms with van der Waals surface area (Å²) in [6.07, 6.45) is 4.35. The predicted molar refractivity (Wildman–Crippen MR) is 97.6 cm³/mol. The van der Waals surface area contributed by atoms with E-state index in [9.17, 15) is 8.78 Å². The first-order chi connectivity index (χ1) is 12.5. The molecule has 3 aromatic rings. The topological polar surface area (TPSA) is 53.9 Å². The maximum Gasteiger partial charge on any atom is 0.227 e. The van der Waals surface area contributed by atoms with Crippen LogP contribution in [-0.4, -0.2) is 28.5 Å². The second kappa shape index (κ2) is 7.86. The number of likely N-dealkylation sites (N-methyl/N-ethyl adjacent to an activating group) is 1. The van der Waals surface area contributed by atoms with Gasteiger partial charge in [-0.3, -0.25) is 4.98 Å². The monoisotopic (exact) mass is 355 g/mol. The Morgan fingerprint density at radius 2 is 1.81 bits per heavy atom. The Kier molecular flexibility index (Phi) is 5.36. The highest BCUT2D eigenvalue weighted by molar-refractivity contribution is 5.58. The minimum atomic E-state index is -0.672. The van der Waals surface area contributed by atoms with Crippen LogP contribution in [0.1, 0.15) is 11.3 Å². The number of hydrogen-bond acceptors (Lipinski definition) is 5. The second-order valence-corrected chi connectivity index (χ2v) is 5.97. The minimum Gasteiger partial charge on any atom is -0.343 e. The smallest absolute Gasteiger partial charge is 0.227 e. The number of nitrogens with one attached hydrogen (secondary N) is 1. The standard InChI is InChI=1S/C19H19F2N5/c1-13-11-18(24-17-4-3-15(20)12-16(17)21)25-19(23-13)26(2)10-7-14-5-8-22-9-6-14/h3-6,8-9,11-12H,7,10H2,1-2H3,(H,23,24,25). The van der Waals surface area contributed by atoms with Gasteiger partial charge >= 0.3 is 0 Å². The Morgan fingerprint density at radius 3 is 2.54 bits per heavy atom. The summed E-state index contributed by atoms with van der Waals surface area (Å²) in [5, 5.41) is 2.88. The fourth-order valence-corrected chi connectivity index (χ4v) is 2.46. The van der Waals surface area contributed by atoms with E-state index in [0.717, 1.165) is 24.7 Å². The molecule has 0 atom stereocenters. The predicted octanol–water partition coefficient (Wildman–Crippen LogP) is 3.88. The van der Waals surface area contributed by atoms with Gasteiger partial charge in [0.2, 0.25) is 5.95 Å². The zero-order valence-corrected chi connectivity index (χ0v) is 14.6. The molecule has 1 N–H and O–H groups in total. The molecule has 0 unspecified atom stereocenters. The number of anilines is 3. The zero-order valence-electron chi connectivity index (χ0n) is 14.6. The third-order valence-corrected chi connectivity index (χ3v) is 3.86. The summed E-state index contributed by atoms with van der Waals surface area (Å²) < 4.78 is 26.9. The molecule has 0 aliphatic carbocycles. The number of pyridine rings is 1. The molecule has 0 radical (unpaired) electrons. The van der Waals surface area contributed by atoms with Crippen molar-refractivity contribution >= 4 is 17.5 Å². The fourth-order valence-electron chi connectivity index (χ4n) is 2.46. The summed E-state index contributed by atoms with van der Waals surface area (Å²) in [7, 11) is 1.90. The summed E-state index contributed by atoms with van der Waals surface area (Å²) in [5.74, 6) is -0.310. The second-order valence-electron chi connectivity index (χ2n) is 5.97. The lowest BCUT2D eigenvalue weighted by molar-refractivity contribution is 0.586. The van der Waals surface area contributed by atoms with Crippen LogP contribution in [0.4, 0.5) is 26.2 Å². The van der Waals surface area contributed by atoms with Gasteiger partial charge in [0.25, 0.3) is 0 Å². The lowest BCUT2D eigenvalue weighted by Gasteiger charge is -2.18. The van der Waals surface area contributed by atoms with Crippen molar-refractivity contribution in [3.05, 3.63) is 71.7 Å². The number of halogens is 2. The van der Waals surface area contributed by atoms with Gasteiger partial charge in [0.1, 0.15) is 17.5 Å². The zero-order chi connectivity index (χ0) is 18.5. The molecule has 1 aromatic carbocycles. The molecule has 0 amide bonds. The van der Waals surface area contributed by atoms with Crippen LogP contribution >= 0.6 is 0 Å². The van der Waals surface area contributed by atoms with Crippen molar-refractivity contribution in [2.45, 2.75) is 13.3 Å². The minimum absolute atomic E-state index is 0.162. The van der Waals surface area contributed by atoms with Crippen molar-refractivity contribution in [1.29, 1.82) is 0 Å². The van der Waals surface area contributed by atoms with Gasteiger partial charge < -0.3 is 10.2 Å². The summed E-state index contributed by atoms with van der Waals surface area (Å²) >= 11 is 0. The van der Waals surface area contributed by atoms with Crippen molar-refractivity contribution in [2.75, 3.05) is 23.8 Å². The molecule has 2 heterocycles. The number of benzene rings is 1. The van der Waals surface area contributed by atoms with E-state index in [1.54, 1.807) is 18.5 Å². The molecule has 2 aromatic heterocycles. The van der Waals surface area contributed by atoms with Gasteiger partial charge in [-0.15, -0.1) is 0 Å². The van der Waals surface area contributed by atoms with Crippen LogP contribution in [0.3, 0.4) is 0 Å². The Balaban J connectivity index is 1.74. The van der Waals surface area contributed by atoms with E-state index < -0.39 is 11.6 Å². The van der Waals surface area contributed by atoms with Crippen LogP contribution in [0.15, 0.2) is 48.8 Å². The Labute approximate surface area is 150 Å². The van der Waals surface area contributed by atoms with Gasteiger partial charge in [0.05, 0.1) is 5.69 Å². The van der Waals surface area contributed by atoms with Crippen LogP contribution in [0.25, 0.3) is 0 Å². The molecule has 0 aliphatic rings. The van der Waals surface area contributed by atoms with Crippen LogP contribution in [0.5, 0.6) is 0 Å². The summed E-state index contributed by atoms with van der Waals surface area (Å²) in [6.45, 7) is 2.56. The van der Waals surface area contributed by atoms with E-state index >= 15 is 0 Å².